The van der Waals surface area contributed by atoms with Crippen LogP contribution in [0.2, 0.25) is 5.02 Å². The molecule has 0 saturated heterocycles. The number of ether oxygens (including phenoxy) is 1. The van der Waals surface area contributed by atoms with Crippen molar-refractivity contribution in [3.63, 3.8) is 0 Å². The molecule has 1 unspecified atom stereocenters. The minimum atomic E-state index is -1.05. The van der Waals surface area contributed by atoms with Gasteiger partial charge in [0.1, 0.15) is 11.3 Å². The molecule has 8 heteroatoms. The van der Waals surface area contributed by atoms with Gasteiger partial charge in [0.2, 0.25) is 0 Å². The smallest absolute Gasteiger partial charge is 0.260 e. The number of nitrogens with one attached hydrogen (secondary N) is 1. The highest BCUT2D eigenvalue weighted by Gasteiger charge is 2.26. The normalized spacial score (nSPS) is 15.8. The van der Waals surface area contributed by atoms with Crippen LogP contribution in [0.5, 0.6) is 5.75 Å². The second kappa shape index (κ2) is 7.34. The first-order valence-corrected chi connectivity index (χ1v) is 7.32. The molecule has 1 atom stereocenters. The molecule has 24 heavy (non-hydrogen) atoms. The lowest BCUT2D eigenvalue weighted by atomic mass is 9.98. The summed E-state index contributed by atoms with van der Waals surface area (Å²) < 4.78 is 31.7. The van der Waals surface area contributed by atoms with Crippen LogP contribution in [0.15, 0.2) is 30.3 Å². The van der Waals surface area contributed by atoms with E-state index in [1.807, 2.05) is 0 Å². The van der Waals surface area contributed by atoms with Gasteiger partial charge in [-0.25, -0.2) is 8.78 Å². The number of rotatable bonds is 2. The molecule has 0 saturated carbocycles. The van der Waals surface area contributed by atoms with Gasteiger partial charge in [-0.05, 0) is 18.2 Å². The fourth-order valence-corrected chi connectivity index (χ4v) is 2.68. The van der Waals surface area contributed by atoms with Gasteiger partial charge in [-0.3, -0.25) is 4.79 Å². The molecule has 1 heterocycles. The number of amides is 1. The van der Waals surface area contributed by atoms with Crippen molar-refractivity contribution >= 4 is 35.6 Å². The number of nitrogens with two attached hydrogens (primary N) is 1. The molecule has 0 fully saturated rings. The van der Waals surface area contributed by atoms with Crippen LogP contribution < -0.4 is 15.8 Å². The Labute approximate surface area is 148 Å². The van der Waals surface area contributed by atoms with E-state index in [4.69, 9.17) is 22.1 Å². The third kappa shape index (κ3) is 3.45. The van der Waals surface area contributed by atoms with E-state index < -0.39 is 17.5 Å². The molecule has 1 aliphatic rings. The van der Waals surface area contributed by atoms with Crippen molar-refractivity contribution in [2.45, 2.75) is 12.5 Å². The zero-order valence-electron chi connectivity index (χ0n) is 12.3. The Morgan fingerprint density at radius 2 is 2.00 bits per heavy atom. The Kier molecular flexibility index (Phi) is 5.64. The van der Waals surface area contributed by atoms with Crippen LogP contribution in [-0.2, 0) is 0 Å². The summed E-state index contributed by atoms with van der Waals surface area (Å²) in [5.74, 6) is -2.29. The lowest BCUT2D eigenvalue weighted by Crippen LogP contribution is -2.24. The lowest BCUT2D eigenvalue weighted by molar-refractivity contribution is 0.102. The van der Waals surface area contributed by atoms with Gasteiger partial charge < -0.3 is 15.8 Å². The summed E-state index contributed by atoms with van der Waals surface area (Å²) in [6.45, 7) is 0.375. The summed E-state index contributed by atoms with van der Waals surface area (Å²) in [5.41, 5.74) is 6.94. The molecule has 4 nitrogen and oxygen atoms in total. The van der Waals surface area contributed by atoms with Crippen molar-refractivity contribution in [3.05, 3.63) is 58.1 Å². The van der Waals surface area contributed by atoms with E-state index in [0.29, 0.717) is 24.3 Å². The highest BCUT2D eigenvalue weighted by atomic mass is 35.5. The molecule has 3 rings (SSSR count). The lowest BCUT2D eigenvalue weighted by Gasteiger charge is -2.25. The average Bonchev–Trinajstić information content (AvgIpc) is 2.51. The predicted molar refractivity (Wildman–Crippen MR) is 90.1 cm³/mol. The third-order valence-electron chi connectivity index (χ3n) is 3.62. The first-order chi connectivity index (χ1) is 11.0. The second-order valence-corrected chi connectivity index (χ2v) is 5.57. The molecule has 0 aliphatic carbocycles. The molecule has 128 valence electrons. The zero-order chi connectivity index (χ0) is 16.6. The molecule has 2 aromatic carbocycles. The number of carbonyl (C=O) groups excluding carboxylic acids is 1. The summed E-state index contributed by atoms with van der Waals surface area (Å²) in [6.07, 6.45) is 0.638. The van der Waals surface area contributed by atoms with E-state index in [-0.39, 0.29) is 34.7 Å². The maximum absolute atomic E-state index is 13.2. The number of benzene rings is 2. The van der Waals surface area contributed by atoms with Crippen molar-refractivity contribution < 1.29 is 18.3 Å². The van der Waals surface area contributed by atoms with Crippen molar-refractivity contribution in [2.75, 3.05) is 11.9 Å². The van der Waals surface area contributed by atoms with E-state index in [1.165, 1.54) is 6.07 Å². The summed E-state index contributed by atoms with van der Waals surface area (Å²) >= 11 is 6.11. The van der Waals surface area contributed by atoms with Crippen LogP contribution in [0.1, 0.15) is 28.4 Å². The largest absolute Gasteiger partial charge is 0.492 e. The molecule has 2 aromatic rings. The van der Waals surface area contributed by atoms with E-state index >= 15 is 0 Å². The standard InChI is InChI=1S/C16H13ClF2N2O2.ClH/c17-10-3-2-9-13(20)5-6-23-15(9)14(10)16(22)21-8-1-4-11(18)12(19)7-8;/h1-4,7,13H,5-6,20H2,(H,21,22);1H. The maximum atomic E-state index is 13.2. The van der Waals surface area contributed by atoms with Crippen molar-refractivity contribution in [2.24, 2.45) is 5.73 Å². The highest BCUT2D eigenvalue weighted by Crippen LogP contribution is 2.37. The molecule has 1 aliphatic heterocycles. The molecule has 0 radical (unpaired) electrons. The van der Waals surface area contributed by atoms with Crippen molar-refractivity contribution in [1.82, 2.24) is 0 Å². The first kappa shape index (κ1) is 18.4. The van der Waals surface area contributed by atoms with Crippen molar-refractivity contribution in [3.8, 4) is 5.75 Å². The number of halogens is 4. The summed E-state index contributed by atoms with van der Waals surface area (Å²) in [7, 11) is 0. The van der Waals surface area contributed by atoms with Gasteiger partial charge in [-0.1, -0.05) is 17.7 Å². The van der Waals surface area contributed by atoms with Gasteiger partial charge in [0.05, 0.1) is 11.6 Å². The summed E-state index contributed by atoms with van der Waals surface area (Å²) in [6, 6.07) is 6.12. The van der Waals surface area contributed by atoms with Crippen molar-refractivity contribution in [1.29, 1.82) is 0 Å². The van der Waals surface area contributed by atoms with Crippen LogP contribution >= 0.6 is 24.0 Å². The fourth-order valence-electron chi connectivity index (χ4n) is 2.44. The molecule has 0 aromatic heterocycles. The van der Waals surface area contributed by atoms with E-state index in [9.17, 15) is 13.6 Å². The Balaban J connectivity index is 0.00000208. The molecule has 1 amide bonds. The number of anilines is 1. The van der Waals surface area contributed by atoms with Gasteiger partial charge in [-0.2, -0.15) is 0 Å². The van der Waals surface area contributed by atoms with Crippen LogP contribution in [0.25, 0.3) is 0 Å². The molecular weight excluding hydrogens is 361 g/mol. The quantitative estimate of drug-likeness (QED) is 0.832. The summed E-state index contributed by atoms with van der Waals surface area (Å²) in [5, 5.41) is 2.67. The van der Waals surface area contributed by atoms with Crippen LogP contribution in [0.3, 0.4) is 0 Å². The second-order valence-electron chi connectivity index (χ2n) is 5.17. The van der Waals surface area contributed by atoms with Gasteiger partial charge in [-0.15, -0.1) is 12.4 Å². The Bertz CT molecular complexity index is 787. The van der Waals surface area contributed by atoms with Crippen LogP contribution in [-0.4, -0.2) is 12.5 Å². The van der Waals surface area contributed by atoms with E-state index in [1.54, 1.807) is 12.1 Å². The predicted octanol–water partition coefficient (Wildman–Crippen LogP) is 4.07. The number of carbonyl (C=O) groups is 1. The Morgan fingerprint density at radius 1 is 1.25 bits per heavy atom. The fraction of sp³-hybridized carbons (Fsp3) is 0.188. The minimum absolute atomic E-state index is 0. The van der Waals surface area contributed by atoms with Gasteiger partial charge in [0.15, 0.2) is 11.6 Å². The SMILES string of the molecule is Cl.NC1CCOc2c1ccc(Cl)c2C(=O)Nc1ccc(F)c(F)c1. The molecule has 0 spiro atoms. The highest BCUT2D eigenvalue weighted by molar-refractivity contribution is 6.35. The monoisotopic (exact) mass is 374 g/mol. The minimum Gasteiger partial charge on any atom is -0.492 e. The summed E-state index contributed by atoms with van der Waals surface area (Å²) in [4.78, 5) is 12.5. The number of hydrogen-bond acceptors (Lipinski definition) is 3. The van der Waals surface area contributed by atoms with Gasteiger partial charge in [0, 0.05) is 29.8 Å². The number of hydrogen-bond donors (Lipinski definition) is 2. The van der Waals surface area contributed by atoms with Gasteiger partial charge >= 0.3 is 0 Å². The molecule has 0 bridgehead atoms. The number of fused-ring (bicyclic) bond motifs is 1. The zero-order valence-corrected chi connectivity index (χ0v) is 13.9. The van der Waals surface area contributed by atoms with Crippen LogP contribution in [0, 0.1) is 11.6 Å². The van der Waals surface area contributed by atoms with Crippen LogP contribution in [0.4, 0.5) is 14.5 Å². The third-order valence-corrected chi connectivity index (χ3v) is 3.93. The Morgan fingerprint density at radius 3 is 2.71 bits per heavy atom. The van der Waals surface area contributed by atoms with E-state index in [0.717, 1.165) is 12.1 Å². The Hall–Kier alpha value is -1.89. The topological polar surface area (TPSA) is 64.3 Å². The first-order valence-electron chi connectivity index (χ1n) is 6.94. The average molecular weight is 375 g/mol. The van der Waals surface area contributed by atoms with Gasteiger partial charge in [0.25, 0.3) is 5.91 Å². The maximum Gasteiger partial charge on any atom is 0.260 e. The molecule has 3 N–H and O–H groups in total. The van der Waals surface area contributed by atoms with E-state index in [2.05, 4.69) is 5.32 Å². The molecular formula is C16H14Cl2F2N2O2.